The second-order valence-electron chi connectivity index (χ2n) is 6.21. The van der Waals surface area contributed by atoms with Gasteiger partial charge in [-0.05, 0) is 43.2 Å². The van der Waals surface area contributed by atoms with Gasteiger partial charge in [-0.2, -0.15) is 0 Å². The molecule has 2 aromatic carbocycles. The highest BCUT2D eigenvalue weighted by Crippen LogP contribution is 2.30. The molecule has 0 spiro atoms. The first kappa shape index (κ1) is 17.9. The predicted octanol–water partition coefficient (Wildman–Crippen LogP) is 5.50. The van der Waals surface area contributed by atoms with Crippen LogP contribution >= 0.6 is 23.1 Å². The summed E-state index contributed by atoms with van der Waals surface area (Å²) in [7, 11) is 0. The van der Waals surface area contributed by atoms with E-state index >= 15 is 0 Å². The van der Waals surface area contributed by atoms with Gasteiger partial charge in [0.25, 0.3) is 5.56 Å². The molecule has 0 aliphatic rings. The molecule has 0 atom stereocenters. The van der Waals surface area contributed by atoms with E-state index in [9.17, 15) is 9.18 Å². The van der Waals surface area contributed by atoms with Gasteiger partial charge in [0.05, 0.1) is 11.1 Å². The van der Waals surface area contributed by atoms with E-state index in [2.05, 4.69) is 0 Å². The Labute approximate surface area is 164 Å². The molecule has 0 amide bonds. The van der Waals surface area contributed by atoms with Crippen molar-refractivity contribution in [1.82, 2.24) is 9.55 Å². The van der Waals surface area contributed by atoms with E-state index in [1.165, 1.54) is 29.2 Å². The Kier molecular flexibility index (Phi) is 4.85. The second-order valence-corrected chi connectivity index (χ2v) is 8.36. The fraction of sp³-hybridized carbons (Fsp3) is 0.143. The summed E-state index contributed by atoms with van der Waals surface area (Å²) < 4.78 is 15.6. The molecule has 0 aliphatic heterocycles. The highest BCUT2D eigenvalue weighted by Gasteiger charge is 2.18. The molecule has 0 N–H and O–H groups in total. The van der Waals surface area contributed by atoms with Gasteiger partial charge in [-0.3, -0.25) is 9.36 Å². The van der Waals surface area contributed by atoms with Crippen LogP contribution < -0.4 is 5.56 Å². The number of fused-ring (bicyclic) bond motifs is 1. The van der Waals surface area contributed by atoms with E-state index in [1.807, 2.05) is 50.2 Å². The van der Waals surface area contributed by atoms with Gasteiger partial charge in [-0.1, -0.05) is 48.2 Å². The largest absolute Gasteiger partial charge is 0.268 e. The topological polar surface area (TPSA) is 34.9 Å². The lowest BCUT2D eigenvalue weighted by atomic mass is 10.2. The minimum Gasteiger partial charge on any atom is -0.268 e. The summed E-state index contributed by atoms with van der Waals surface area (Å²) in [5.41, 5.74) is 2.25. The molecule has 0 fully saturated rings. The fourth-order valence-electron chi connectivity index (χ4n) is 2.93. The maximum Gasteiger partial charge on any atom is 0.267 e. The first-order chi connectivity index (χ1) is 13.1. The summed E-state index contributed by atoms with van der Waals surface area (Å²) in [4.78, 5) is 19.9. The van der Waals surface area contributed by atoms with Crippen LogP contribution in [0.4, 0.5) is 4.39 Å². The predicted molar refractivity (Wildman–Crippen MR) is 111 cm³/mol. The second kappa shape index (κ2) is 7.29. The van der Waals surface area contributed by atoms with Crippen LogP contribution in [0.2, 0.25) is 0 Å². The van der Waals surface area contributed by atoms with Crippen LogP contribution in [0.5, 0.6) is 0 Å². The lowest BCUT2D eigenvalue weighted by Crippen LogP contribution is -2.21. The minimum atomic E-state index is -0.248. The number of hydrogen-bond donors (Lipinski definition) is 0. The van der Waals surface area contributed by atoms with Gasteiger partial charge in [0.1, 0.15) is 10.6 Å². The number of rotatable bonds is 4. The van der Waals surface area contributed by atoms with Crippen molar-refractivity contribution in [2.45, 2.75) is 24.8 Å². The van der Waals surface area contributed by atoms with E-state index in [1.54, 1.807) is 16.7 Å². The Hall–Kier alpha value is -2.44. The third-order valence-corrected chi connectivity index (χ3v) is 6.59. The maximum absolute atomic E-state index is 14.0. The zero-order valence-corrected chi connectivity index (χ0v) is 16.5. The van der Waals surface area contributed by atoms with E-state index in [0.29, 0.717) is 21.9 Å². The molecule has 0 saturated carbocycles. The van der Waals surface area contributed by atoms with Crippen LogP contribution in [0.25, 0.3) is 15.9 Å². The molecule has 136 valence electrons. The average molecular weight is 397 g/mol. The number of para-hydroxylation sites is 1. The van der Waals surface area contributed by atoms with Crippen molar-refractivity contribution in [3.05, 3.63) is 86.8 Å². The summed E-state index contributed by atoms with van der Waals surface area (Å²) in [5, 5.41) is 1.24. The third kappa shape index (κ3) is 3.31. The first-order valence-electron chi connectivity index (χ1n) is 8.50. The number of aromatic nitrogens is 2. The summed E-state index contributed by atoms with van der Waals surface area (Å²) in [6.07, 6.45) is 0. The molecule has 6 heteroatoms. The average Bonchev–Trinajstić information content (AvgIpc) is 2.96. The Morgan fingerprint density at radius 2 is 1.78 bits per heavy atom. The Morgan fingerprint density at radius 1 is 1.07 bits per heavy atom. The smallest absolute Gasteiger partial charge is 0.267 e. The first-order valence-corrected chi connectivity index (χ1v) is 10.3. The van der Waals surface area contributed by atoms with Crippen LogP contribution in [-0.2, 0) is 5.75 Å². The van der Waals surface area contributed by atoms with Gasteiger partial charge in [0.2, 0.25) is 0 Å². The number of thioether (sulfide) groups is 1. The van der Waals surface area contributed by atoms with Gasteiger partial charge in [0.15, 0.2) is 5.16 Å². The highest BCUT2D eigenvalue weighted by atomic mass is 32.2. The van der Waals surface area contributed by atoms with Gasteiger partial charge in [-0.25, -0.2) is 9.37 Å². The molecule has 0 unspecified atom stereocenters. The van der Waals surface area contributed by atoms with Crippen LogP contribution in [-0.4, -0.2) is 9.55 Å². The lowest BCUT2D eigenvalue weighted by molar-refractivity contribution is 0.617. The van der Waals surface area contributed by atoms with Gasteiger partial charge >= 0.3 is 0 Å². The van der Waals surface area contributed by atoms with Crippen LogP contribution in [0.3, 0.4) is 0 Å². The van der Waals surface area contributed by atoms with Crippen molar-refractivity contribution < 1.29 is 4.39 Å². The van der Waals surface area contributed by atoms with Crippen molar-refractivity contribution in [3.8, 4) is 5.69 Å². The summed E-state index contributed by atoms with van der Waals surface area (Å²) in [6, 6.07) is 16.1. The third-order valence-electron chi connectivity index (χ3n) is 4.50. The number of benzene rings is 2. The van der Waals surface area contributed by atoms with Crippen molar-refractivity contribution in [1.29, 1.82) is 0 Å². The van der Waals surface area contributed by atoms with Crippen molar-refractivity contribution in [2.24, 2.45) is 0 Å². The number of aryl methyl sites for hydroxylation is 2. The van der Waals surface area contributed by atoms with Crippen molar-refractivity contribution in [2.75, 3.05) is 0 Å². The zero-order chi connectivity index (χ0) is 19.0. The number of thiophene rings is 1. The molecule has 0 radical (unpaired) electrons. The Bertz CT molecular complexity index is 1180. The molecule has 4 rings (SSSR count). The summed E-state index contributed by atoms with van der Waals surface area (Å²) >= 11 is 2.90. The summed E-state index contributed by atoms with van der Waals surface area (Å²) in [6.45, 7) is 3.96. The van der Waals surface area contributed by atoms with E-state index in [4.69, 9.17) is 4.98 Å². The number of halogens is 1. The van der Waals surface area contributed by atoms with E-state index in [0.717, 1.165) is 21.0 Å². The van der Waals surface area contributed by atoms with Gasteiger partial charge < -0.3 is 0 Å². The van der Waals surface area contributed by atoms with Crippen LogP contribution in [0, 0.1) is 19.7 Å². The molecule has 2 heterocycles. The van der Waals surface area contributed by atoms with Gasteiger partial charge in [0, 0.05) is 10.6 Å². The standard InChI is InChI=1S/C21H17FN2OS2/c1-13-14(2)27-19-18(13)20(25)24(16-9-4-3-5-10-16)21(23-19)26-12-15-8-6-7-11-17(15)22/h3-11H,12H2,1-2H3. The SMILES string of the molecule is Cc1sc2nc(SCc3ccccc3F)n(-c3ccccc3)c(=O)c2c1C. The van der Waals surface area contributed by atoms with Crippen LogP contribution in [0.1, 0.15) is 16.0 Å². The van der Waals surface area contributed by atoms with Crippen molar-refractivity contribution >= 4 is 33.3 Å². The lowest BCUT2D eigenvalue weighted by Gasteiger charge is -2.12. The maximum atomic E-state index is 14.0. The Morgan fingerprint density at radius 3 is 2.52 bits per heavy atom. The quantitative estimate of drug-likeness (QED) is 0.338. The zero-order valence-electron chi connectivity index (χ0n) is 14.9. The normalized spacial score (nSPS) is 11.2. The monoisotopic (exact) mass is 396 g/mol. The van der Waals surface area contributed by atoms with Crippen molar-refractivity contribution in [3.63, 3.8) is 0 Å². The molecule has 3 nitrogen and oxygen atoms in total. The van der Waals surface area contributed by atoms with Crippen LogP contribution in [0.15, 0.2) is 64.5 Å². The molecule has 2 aromatic heterocycles. The molecule has 0 aliphatic carbocycles. The fourth-order valence-corrected chi connectivity index (χ4v) is 5.00. The number of hydrogen-bond acceptors (Lipinski definition) is 4. The van der Waals surface area contributed by atoms with E-state index in [-0.39, 0.29) is 11.4 Å². The Balaban J connectivity index is 1.88. The molecule has 27 heavy (non-hydrogen) atoms. The molecular weight excluding hydrogens is 379 g/mol. The number of nitrogens with zero attached hydrogens (tertiary/aromatic N) is 2. The molecular formula is C21H17FN2OS2. The minimum absolute atomic E-state index is 0.0796. The molecule has 4 aromatic rings. The summed E-state index contributed by atoms with van der Waals surface area (Å²) in [5.74, 6) is 0.156. The van der Waals surface area contributed by atoms with E-state index < -0.39 is 0 Å². The van der Waals surface area contributed by atoms with Gasteiger partial charge in [-0.15, -0.1) is 11.3 Å². The molecule has 0 saturated heterocycles. The highest BCUT2D eigenvalue weighted by molar-refractivity contribution is 7.98. The molecule has 0 bridgehead atoms.